The minimum Gasteiger partial charge on any atom is -0.465 e. The van der Waals surface area contributed by atoms with Crippen LogP contribution in [0.4, 0.5) is 9.59 Å². The van der Waals surface area contributed by atoms with Crippen molar-refractivity contribution in [3.8, 4) is 11.1 Å². The average molecular weight is 524 g/mol. The molecule has 0 spiro atoms. The number of alkyl carbamates (subject to hydrolysis) is 1. The van der Waals surface area contributed by atoms with Crippen molar-refractivity contribution < 1.29 is 24.2 Å². The number of carboxylic acid groups (broad SMARTS) is 1. The number of hydrogen-bond acceptors (Lipinski definition) is 4. The van der Waals surface area contributed by atoms with Gasteiger partial charge in [-0.2, -0.15) is 0 Å². The molecule has 1 atom stereocenters. The van der Waals surface area contributed by atoms with Crippen molar-refractivity contribution in [1.29, 1.82) is 0 Å². The molecular formula is C30H41N3O5. The van der Waals surface area contributed by atoms with Crippen LogP contribution in [0.15, 0.2) is 48.5 Å². The third-order valence-electron chi connectivity index (χ3n) is 6.67. The SMILES string of the molecule is CC(C)(C)NC(=O)[C@H](CCCCNC(=O)OC(C)(C)CCC1c2ccccc2-c2ccccc21)NC(=O)O. The Kier molecular flexibility index (Phi) is 9.41. The van der Waals surface area contributed by atoms with Crippen LogP contribution in [-0.2, 0) is 9.53 Å². The summed E-state index contributed by atoms with van der Waals surface area (Å²) < 4.78 is 5.74. The molecule has 2 aromatic rings. The van der Waals surface area contributed by atoms with Crippen LogP contribution in [-0.4, -0.2) is 46.9 Å². The fraction of sp³-hybridized carbons (Fsp3) is 0.500. The van der Waals surface area contributed by atoms with Crippen molar-refractivity contribution in [3.63, 3.8) is 0 Å². The van der Waals surface area contributed by atoms with Gasteiger partial charge < -0.3 is 25.8 Å². The fourth-order valence-corrected chi connectivity index (χ4v) is 4.94. The minimum absolute atomic E-state index is 0.274. The van der Waals surface area contributed by atoms with Crippen LogP contribution in [0.1, 0.15) is 83.8 Å². The molecule has 4 N–H and O–H groups in total. The van der Waals surface area contributed by atoms with Gasteiger partial charge in [-0.05, 0) is 89.0 Å². The lowest BCUT2D eigenvalue weighted by Gasteiger charge is -2.27. The van der Waals surface area contributed by atoms with Gasteiger partial charge in [-0.15, -0.1) is 0 Å². The smallest absolute Gasteiger partial charge is 0.407 e. The lowest BCUT2D eigenvalue weighted by Crippen LogP contribution is -2.51. The van der Waals surface area contributed by atoms with E-state index in [1.807, 2.05) is 34.6 Å². The van der Waals surface area contributed by atoms with Crippen LogP contribution in [0, 0.1) is 0 Å². The van der Waals surface area contributed by atoms with E-state index in [0.717, 1.165) is 6.42 Å². The summed E-state index contributed by atoms with van der Waals surface area (Å²) >= 11 is 0. The molecule has 1 aliphatic carbocycles. The number of benzene rings is 2. The maximum atomic E-state index is 12.5. The van der Waals surface area contributed by atoms with Gasteiger partial charge >= 0.3 is 12.2 Å². The van der Waals surface area contributed by atoms with Gasteiger partial charge in [0.25, 0.3) is 0 Å². The van der Waals surface area contributed by atoms with Crippen molar-refractivity contribution in [2.45, 2.75) is 89.8 Å². The largest absolute Gasteiger partial charge is 0.465 e. The number of amides is 3. The second kappa shape index (κ2) is 12.3. The molecular weight excluding hydrogens is 482 g/mol. The molecule has 0 fully saturated rings. The van der Waals surface area contributed by atoms with Crippen LogP contribution in [0.2, 0.25) is 0 Å². The first-order chi connectivity index (χ1) is 17.9. The van der Waals surface area contributed by atoms with E-state index in [2.05, 4.69) is 64.5 Å². The molecule has 0 aliphatic heterocycles. The summed E-state index contributed by atoms with van der Waals surface area (Å²) in [5.41, 5.74) is 4.10. The molecule has 0 radical (unpaired) electrons. The second-order valence-corrected chi connectivity index (χ2v) is 11.6. The molecule has 1 aliphatic rings. The van der Waals surface area contributed by atoms with Crippen molar-refractivity contribution in [2.75, 3.05) is 6.54 Å². The van der Waals surface area contributed by atoms with Gasteiger partial charge in [-0.3, -0.25) is 4.79 Å². The van der Waals surface area contributed by atoms with Crippen LogP contribution >= 0.6 is 0 Å². The van der Waals surface area contributed by atoms with Crippen molar-refractivity contribution >= 4 is 18.1 Å². The number of carbonyl (C=O) groups is 3. The first-order valence-corrected chi connectivity index (χ1v) is 13.3. The first-order valence-electron chi connectivity index (χ1n) is 13.3. The first kappa shape index (κ1) is 29.0. The molecule has 3 amide bonds. The molecule has 38 heavy (non-hydrogen) atoms. The number of hydrogen-bond donors (Lipinski definition) is 4. The Hall–Kier alpha value is -3.55. The summed E-state index contributed by atoms with van der Waals surface area (Å²) in [5, 5.41) is 16.9. The third-order valence-corrected chi connectivity index (χ3v) is 6.67. The Bertz CT molecular complexity index is 1090. The summed E-state index contributed by atoms with van der Waals surface area (Å²) in [6.45, 7) is 9.74. The van der Waals surface area contributed by atoms with Crippen molar-refractivity contribution in [2.24, 2.45) is 0 Å². The van der Waals surface area contributed by atoms with E-state index in [9.17, 15) is 14.4 Å². The molecule has 0 unspecified atom stereocenters. The van der Waals surface area contributed by atoms with Gasteiger partial charge in [0.2, 0.25) is 5.91 Å². The highest BCUT2D eigenvalue weighted by molar-refractivity contribution is 5.85. The lowest BCUT2D eigenvalue weighted by atomic mass is 9.88. The molecule has 0 bridgehead atoms. The Morgan fingerprint density at radius 1 is 0.921 bits per heavy atom. The molecule has 0 saturated carbocycles. The zero-order valence-electron chi connectivity index (χ0n) is 23.1. The average Bonchev–Trinajstić information content (AvgIpc) is 3.14. The Labute approximate surface area is 225 Å². The van der Waals surface area contributed by atoms with Crippen LogP contribution < -0.4 is 16.0 Å². The van der Waals surface area contributed by atoms with Gasteiger partial charge in [-0.1, -0.05) is 48.5 Å². The number of nitrogens with one attached hydrogen (secondary N) is 3. The molecule has 8 heteroatoms. The molecule has 8 nitrogen and oxygen atoms in total. The van der Waals surface area contributed by atoms with Crippen molar-refractivity contribution in [1.82, 2.24) is 16.0 Å². The third kappa shape index (κ3) is 8.23. The van der Waals surface area contributed by atoms with Gasteiger partial charge in [0.05, 0.1) is 0 Å². The van der Waals surface area contributed by atoms with Gasteiger partial charge in [-0.25, -0.2) is 9.59 Å². The quantitative estimate of drug-likeness (QED) is 0.278. The summed E-state index contributed by atoms with van der Waals surface area (Å²) in [4.78, 5) is 35.9. The van der Waals surface area contributed by atoms with E-state index >= 15 is 0 Å². The summed E-state index contributed by atoms with van der Waals surface area (Å²) in [7, 11) is 0. The molecule has 0 saturated heterocycles. The monoisotopic (exact) mass is 523 g/mol. The number of fused-ring (bicyclic) bond motifs is 3. The highest BCUT2D eigenvalue weighted by Gasteiger charge is 2.31. The highest BCUT2D eigenvalue weighted by Crippen LogP contribution is 2.47. The fourth-order valence-electron chi connectivity index (χ4n) is 4.94. The Balaban J connectivity index is 1.43. The summed E-state index contributed by atoms with van der Waals surface area (Å²) in [6.07, 6.45) is 1.34. The molecule has 206 valence electrons. The predicted octanol–water partition coefficient (Wildman–Crippen LogP) is 5.81. The highest BCUT2D eigenvalue weighted by atomic mass is 16.6. The number of carbonyl (C=O) groups excluding carboxylic acids is 2. The van der Waals surface area contributed by atoms with Gasteiger partial charge in [0.1, 0.15) is 11.6 Å². The predicted molar refractivity (Wildman–Crippen MR) is 148 cm³/mol. The van der Waals surface area contributed by atoms with Crippen molar-refractivity contribution in [3.05, 3.63) is 59.7 Å². The Morgan fingerprint density at radius 2 is 1.50 bits per heavy atom. The van der Waals surface area contributed by atoms with E-state index in [1.54, 1.807) is 0 Å². The molecule has 3 rings (SSSR count). The van der Waals surface area contributed by atoms with E-state index in [-0.39, 0.29) is 11.8 Å². The van der Waals surface area contributed by atoms with Crippen LogP contribution in [0.3, 0.4) is 0 Å². The van der Waals surface area contributed by atoms with Crippen LogP contribution in [0.5, 0.6) is 0 Å². The zero-order chi connectivity index (χ0) is 27.9. The molecule has 0 aromatic heterocycles. The van der Waals surface area contributed by atoms with Gasteiger partial charge in [0.15, 0.2) is 0 Å². The number of unbranched alkanes of at least 4 members (excludes halogenated alkanes) is 1. The summed E-state index contributed by atoms with van der Waals surface area (Å²) in [6, 6.07) is 16.1. The number of ether oxygens (including phenoxy) is 1. The molecule has 0 heterocycles. The minimum atomic E-state index is -1.24. The topological polar surface area (TPSA) is 117 Å². The van der Waals surface area contributed by atoms with E-state index < -0.39 is 29.4 Å². The second-order valence-electron chi connectivity index (χ2n) is 11.6. The normalized spacial score (nSPS) is 13.7. The standard InChI is InChI=1S/C30H41N3O5/c1-29(2,3)33-26(34)25(32-27(35)36)16-10-11-19-31-28(37)38-30(4,5)18-17-24-22-14-8-6-12-20(22)21-13-7-9-15-23(21)24/h6-9,12-15,24-25,32H,10-11,16-19H2,1-5H3,(H,31,37)(H,33,34)(H,35,36)/t25-/m0/s1. The maximum absolute atomic E-state index is 12.5. The summed E-state index contributed by atoms with van der Waals surface area (Å²) in [5.74, 6) is -0.0855. The van der Waals surface area contributed by atoms with E-state index in [0.29, 0.717) is 32.2 Å². The zero-order valence-corrected chi connectivity index (χ0v) is 23.1. The number of rotatable bonds is 11. The van der Waals surface area contributed by atoms with E-state index in [4.69, 9.17) is 9.84 Å². The molecule has 2 aromatic carbocycles. The Morgan fingerprint density at radius 3 is 2.05 bits per heavy atom. The van der Waals surface area contributed by atoms with E-state index in [1.165, 1.54) is 22.3 Å². The van der Waals surface area contributed by atoms with Gasteiger partial charge in [0, 0.05) is 18.0 Å². The van der Waals surface area contributed by atoms with Crippen LogP contribution in [0.25, 0.3) is 11.1 Å². The maximum Gasteiger partial charge on any atom is 0.407 e. The lowest BCUT2D eigenvalue weighted by molar-refractivity contribution is -0.124.